The lowest BCUT2D eigenvalue weighted by Gasteiger charge is -2.41. The molecule has 0 aliphatic carbocycles. The number of thiocarbonyl (C=S) groups is 1. The topological polar surface area (TPSA) is 55.6 Å². The minimum atomic E-state index is -0.671. The Kier molecular flexibility index (Phi) is 6.40. The SMILES string of the molecule is CCCC(CCC)(C(=O)N1C[C@@H](C)O[C@@H](C)C1)C(N)=S. The first-order chi connectivity index (χ1) is 9.37. The number of hydrogen-bond acceptors (Lipinski definition) is 3. The maximum Gasteiger partial charge on any atom is 0.235 e. The molecule has 1 saturated heterocycles. The highest BCUT2D eigenvalue weighted by molar-refractivity contribution is 7.80. The van der Waals surface area contributed by atoms with Crippen LogP contribution in [0.15, 0.2) is 0 Å². The lowest BCUT2D eigenvalue weighted by atomic mass is 9.77. The van der Waals surface area contributed by atoms with Crippen LogP contribution in [0.1, 0.15) is 53.4 Å². The molecule has 116 valence electrons. The maximum absolute atomic E-state index is 13.0. The minimum absolute atomic E-state index is 0.0648. The van der Waals surface area contributed by atoms with Crippen LogP contribution >= 0.6 is 12.2 Å². The second-order valence-electron chi connectivity index (χ2n) is 5.91. The summed E-state index contributed by atoms with van der Waals surface area (Å²) in [5, 5.41) is 0. The third-order valence-corrected chi connectivity index (χ3v) is 4.33. The van der Waals surface area contributed by atoms with Crippen molar-refractivity contribution >= 4 is 23.1 Å². The molecule has 0 aromatic carbocycles. The van der Waals surface area contributed by atoms with E-state index in [0.29, 0.717) is 18.1 Å². The van der Waals surface area contributed by atoms with E-state index in [4.69, 9.17) is 22.7 Å². The van der Waals surface area contributed by atoms with Gasteiger partial charge in [-0.2, -0.15) is 0 Å². The van der Waals surface area contributed by atoms with Gasteiger partial charge in [0.05, 0.1) is 22.6 Å². The van der Waals surface area contributed by atoms with Gasteiger partial charge in [-0.1, -0.05) is 38.9 Å². The van der Waals surface area contributed by atoms with E-state index in [1.54, 1.807) is 0 Å². The van der Waals surface area contributed by atoms with Crippen LogP contribution in [-0.2, 0) is 9.53 Å². The first kappa shape index (κ1) is 17.4. The second-order valence-corrected chi connectivity index (χ2v) is 6.35. The molecule has 2 atom stereocenters. The molecular weight excluding hydrogens is 272 g/mol. The van der Waals surface area contributed by atoms with Crippen LogP contribution in [0.2, 0.25) is 0 Å². The molecule has 0 radical (unpaired) electrons. The number of amides is 1. The maximum atomic E-state index is 13.0. The molecular formula is C15H28N2O2S. The van der Waals surface area contributed by atoms with Crippen LogP contribution in [0.25, 0.3) is 0 Å². The van der Waals surface area contributed by atoms with Gasteiger partial charge in [0.15, 0.2) is 0 Å². The van der Waals surface area contributed by atoms with Crippen LogP contribution < -0.4 is 5.73 Å². The van der Waals surface area contributed by atoms with Gasteiger partial charge >= 0.3 is 0 Å². The summed E-state index contributed by atoms with van der Waals surface area (Å²) in [7, 11) is 0. The summed E-state index contributed by atoms with van der Waals surface area (Å²) >= 11 is 5.26. The van der Waals surface area contributed by atoms with E-state index in [9.17, 15) is 4.79 Å². The molecule has 1 rings (SSSR count). The van der Waals surface area contributed by atoms with Crippen molar-refractivity contribution in [2.45, 2.75) is 65.6 Å². The largest absolute Gasteiger partial charge is 0.392 e. The fourth-order valence-electron chi connectivity index (χ4n) is 3.19. The molecule has 0 aromatic rings. The molecule has 1 aliphatic heterocycles. The van der Waals surface area contributed by atoms with Crippen LogP contribution in [0.4, 0.5) is 0 Å². The number of nitrogens with zero attached hydrogens (tertiary/aromatic N) is 1. The summed E-state index contributed by atoms with van der Waals surface area (Å²) in [5.41, 5.74) is 5.30. The molecule has 4 nitrogen and oxygen atoms in total. The van der Waals surface area contributed by atoms with E-state index in [0.717, 1.165) is 25.7 Å². The Morgan fingerprint density at radius 2 is 1.70 bits per heavy atom. The Bertz CT molecular complexity index is 344. The van der Waals surface area contributed by atoms with Crippen molar-refractivity contribution in [2.75, 3.05) is 13.1 Å². The summed E-state index contributed by atoms with van der Waals surface area (Å²) in [4.78, 5) is 15.3. The molecule has 1 aliphatic rings. The van der Waals surface area contributed by atoms with E-state index < -0.39 is 5.41 Å². The summed E-state index contributed by atoms with van der Waals surface area (Å²) in [5.74, 6) is 0.0932. The van der Waals surface area contributed by atoms with Gasteiger partial charge in [0.1, 0.15) is 0 Å². The van der Waals surface area contributed by atoms with Crippen molar-refractivity contribution in [2.24, 2.45) is 11.1 Å². The Morgan fingerprint density at radius 3 is 2.05 bits per heavy atom. The number of hydrogen-bond donors (Lipinski definition) is 1. The fourth-order valence-corrected chi connectivity index (χ4v) is 3.48. The standard InChI is InChI=1S/C15H28N2O2S/c1-5-7-15(8-6-2,13(16)20)14(18)17-9-11(3)19-12(4)10-17/h11-12H,5-10H2,1-4H3,(H2,16,20)/t11-,12+. The van der Waals surface area contributed by atoms with Gasteiger partial charge in [0, 0.05) is 13.1 Å². The third-order valence-electron chi connectivity index (χ3n) is 3.94. The van der Waals surface area contributed by atoms with Crippen LogP contribution in [0.5, 0.6) is 0 Å². The van der Waals surface area contributed by atoms with Crippen molar-refractivity contribution in [3.63, 3.8) is 0 Å². The number of morpholine rings is 1. The smallest absolute Gasteiger partial charge is 0.235 e. The number of rotatable bonds is 6. The van der Waals surface area contributed by atoms with Gasteiger partial charge in [-0.05, 0) is 26.7 Å². The van der Waals surface area contributed by atoms with E-state index in [1.807, 2.05) is 18.7 Å². The number of carbonyl (C=O) groups is 1. The zero-order valence-corrected chi connectivity index (χ0v) is 14.0. The quantitative estimate of drug-likeness (QED) is 0.766. The molecule has 5 heteroatoms. The molecule has 0 aromatic heterocycles. The summed E-state index contributed by atoms with van der Waals surface area (Å²) in [6.45, 7) is 9.39. The second kappa shape index (κ2) is 7.36. The van der Waals surface area contributed by atoms with Crippen LogP contribution in [-0.4, -0.2) is 41.1 Å². The van der Waals surface area contributed by atoms with Crippen molar-refractivity contribution in [1.82, 2.24) is 4.90 Å². The highest BCUT2D eigenvalue weighted by atomic mass is 32.1. The summed E-state index contributed by atoms with van der Waals surface area (Å²) in [6.07, 6.45) is 3.39. The summed E-state index contributed by atoms with van der Waals surface area (Å²) < 4.78 is 5.70. The average Bonchev–Trinajstić information content (AvgIpc) is 2.36. The Morgan fingerprint density at radius 1 is 1.25 bits per heavy atom. The lowest BCUT2D eigenvalue weighted by molar-refractivity contribution is -0.150. The predicted molar refractivity (Wildman–Crippen MR) is 85.6 cm³/mol. The molecule has 0 unspecified atom stereocenters. The minimum Gasteiger partial charge on any atom is -0.392 e. The fraction of sp³-hybridized carbons (Fsp3) is 0.867. The van der Waals surface area contributed by atoms with E-state index in [2.05, 4.69) is 13.8 Å². The molecule has 20 heavy (non-hydrogen) atoms. The first-order valence-corrected chi connectivity index (χ1v) is 8.03. The Hall–Kier alpha value is -0.680. The van der Waals surface area contributed by atoms with Crippen molar-refractivity contribution < 1.29 is 9.53 Å². The number of carbonyl (C=O) groups excluding carboxylic acids is 1. The van der Waals surface area contributed by atoms with Crippen molar-refractivity contribution in [1.29, 1.82) is 0 Å². The molecule has 1 amide bonds. The summed E-state index contributed by atoms with van der Waals surface area (Å²) in [6, 6.07) is 0. The molecule has 0 spiro atoms. The van der Waals surface area contributed by atoms with Gasteiger partial charge in [0.2, 0.25) is 5.91 Å². The normalized spacial score (nSPS) is 23.7. The first-order valence-electron chi connectivity index (χ1n) is 7.62. The van der Waals surface area contributed by atoms with Gasteiger partial charge < -0.3 is 15.4 Å². The van der Waals surface area contributed by atoms with Crippen LogP contribution in [0.3, 0.4) is 0 Å². The van der Waals surface area contributed by atoms with Gasteiger partial charge in [0.25, 0.3) is 0 Å². The Labute approximate surface area is 128 Å². The highest BCUT2D eigenvalue weighted by Gasteiger charge is 2.43. The lowest BCUT2D eigenvalue weighted by Crippen LogP contribution is -2.56. The zero-order valence-electron chi connectivity index (χ0n) is 13.1. The van der Waals surface area contributed by atoms with Crippen molar-refractivity contribution in [3.8, 4) is 0 Å². The predicted octanol–water partition coefficient (Wildman–Crippen LogP) is 2.49. The van der Waals surface area contributed by atoms with Crippen molar-refractivity contribution in [3.05, 3.63) is 0 Å². The molecule has 2 N–H and O–H groups in total. The van der Waals surface area contributed by atoms with Gasteiger partial charge in [-0.3, -0.25) is 4.79 Å². The van der Waals surface area contributed by atoms with E-state index in [1.165, 1.54) is 0 Å². The van der Waals surface area contributed by atoms with Gasteiger partial charge in [-0.15, -0.1) is 0 Å². The highest BCUT2D eigenvalue weighted by Crippen LogP contribution is 2.34. The van der Waals surface area contributed by atoms with E-state index >= 15 is 0 Å². The third kappa shape index (κ3) is 3.70. The molecule has 0 saturated carbocycles. The molecule has 1 heterocycles. The molecule has 0 bridgehead atoms. The number of ether oxygens (including phenoxy) is 1. The average molecular weight is 300 g/mol. The van der Waals surface area contributed by atoms with Gasteiger partial charge in [-0.25, -0.2) is 0 Å². The monoisotopic (exact) mass is 300 g/mol. The van der Waals surface area contributed by atoms with E-state index in [-0.39, 0.29) is 18.1 Å². The number of nitrogens with two attached hydrogens (primary N) is 1. The van der Waals surface area contributed by atoms with Crippen LogP contribution in [0, 0.1) is 5.41 Å². The zero-order chi connectivity index (χ0) is 15.3. The molecule has 1 fully saturated rings. The Balaban J connectivity index is 3.00.